The Morgan fingerprint density at radius 1 is 1.10 bits per heavy atom. The quantitative estimate of drug-likeness (QED) is 0.520. The number of carboxylic acid groups (broad SMARTS) is 1. The van der Waals surface area contributed by atoms with Gasteiger partial charge < -0.3 is 29.4 Å². The summed E-state index contributed by atoms with van der Waals surface area (Å²) in [6.07, 6.45) is 0.776. The Balaban J connectivity index is 2.62. The lowest BCUT2D eigenvalue weighted by Crippen LogP contribution is -2.13. The molecule has 0 amide bonds. The second-order valence-electron chi connectivity index (χ2n) is 5.66. The van der Waals surface area contributed by atoms with Gasteiger partial charge in [-0.3, -0.25) is 4.79 Å². The summed E-state index contributed by atoms with van der Waals surface area (Å²) in [5, 5.41) is 11.5. The van der Waals surface area contributed by atoms with E-state index >= 15 is 0 Å². The van der Waals surface area contributed by atoms with Crippen LogP contribution in [0.3, 0.4) is 0 Å². The van der Waals surface area contributed by atoms with Crippen LogP contribution in [0.4, 0.5) is 5.69 Å². The molecular weight excluding hydrogens is 426 g/mol. The molecule has 0 saturated heterocycles. The number of rotatable bonds is 11. The summed E-state index contributed by atoms with van der Waals surface area (Å²) in [5.41, 5.74) is -4.42. The van der Waals surface area contributed by atoms with E-state index in [1.54, 1.807) is 0 Å². The number of anilines is 1. The zero-order valence-corrected chi connectivity index (χ0v) is 17.1. The molecule has 0 aliphatic rings. The average Bonchev–Trinajstić information content (AvgIpc) is 2.80. The third kappa shape index (κ3) is 6.54. The van der Waals surface area contributed by atoms with Crippen molar-refractivity contribution < 1.29 is 51.0 Å². The lowest BCUT2D eigenvalue weighted by molar-refractivity contribution is -0.134. The predicted octanol–water partition coefficient (Wildman–Crippen LogP) is 2.80. The molecule has 9 nitrogen and oxygen atoms in total. The number of aliphatic carboxylic acids is 1. The van der Waals surface area contributed by atoms with E-state index in [0.717, 1.165) is 43.5 Å². The van der Waals surface area contributed by atoms with Gasteiger partial charge in [0.25, 0.3) is 0 Å². The lowest BCUT2D eigenvalue weighted by Gasteiger charge is -2.13. The Morgan fingerprint density at radius 3 is 2.39 bits per heavy atom. The predicted molar refractivity (Wildman–Crippen MR) is 117 cm³/mol. The first-order chi connectivity index (χ1) is 18.5. The Labute approximate surface area is 195 Å². The normalized spacial score (nSPS) is 17.7. The van der Waals surface area contributed by atoms with Crippen LogP contribution in [0.2, 0.25) is 0 Å². The molecule has 0 atom stereocenters. The van der Waals surface area contributed by atoms with Crippen molar-refractivity contribution in [3.63, 3.8) is 0 Å². The maximum Gasteiger partial charge on any atom is 0.322 e. The molecule has 168 valence electrons. The number of ether oxygens (including phenoxy) is 4. The van der Waals surface area contributed by atoms with Crippen molar-refractivity contribution in [2.45, 2.75) is 5.70 Å². The molecule has 2 rings (SSSR count). The van der Waals surface area contributed by atoms with E-state index in [2.05, 4.69) is 0 Å². The van der Waals surface area contributed by atoms with E-state index in [0.29, 0.717) is 5.41 Å². The number of hydrogen-bond donors (Lipinski definition) is 2. The van der Waals surface area contributed by atoms with Crippen molar-refractivity contribution >= 4 is 27.6 Å². The fraction of sp³-hybridized carbons (Fsp3) is 0.286. The Hall–Kier alpha value is -3.40. The van der Waals surface area contributed by atoms with Gasteiger partial charge >= 0.3 is 5.97 Å². The van der Waals surface area contributed by atoms with Crippen LogP contribution >= 0.6 is 0 Å². The molecule has 0 aliphatic heterocycles. The topological polar surface area (TPSA) is 120 Å². The standard InChI is InChI=1S/C21H25NO8S/c1-27-15-10-19(29-3)16(20(11-15)30-4)7-8-31(25,26)13-14-5-6-18(28-2)17(9-14)22-12-21(23)24/h5-11,22H,12-13H2,1-4H3,(H,23,24)/b8-7+/i1D3,3D3,12D2,13D2. The SMILES string of the molecule is [2H]C([2H])([2H])Oc1cc(OC)c(/C=C/S(=O)(=O)C([2H])([2H])c2ccc(OC)c(NC([2H])([2H])C(=O)O)c2)c(OC([2H])([2H])[2H])c1. The fourth-order valence-corrected chi connectivity index (χ4v) is 3.24. The van der Waals surface area contributed by atoms with Gasteiger partial charge in [-0.2, -0.15) is 0 Å². The Morgan fingerprint density at radius 2 is 1.77 bits per heavy atom. The highest BCUT2D eigenvalue weighted by atomic mass is 32.2. The van der Waals surface area contributed by atoms with E-state index in [-0.39, 0.29) is 22.7 Å². The summed E-state index contributed by atoms with van der Waals surface area (Å²) >= 11 is 0. The third-order valence-corrected chi connectivity index (χ3v) is 4.72. The third-order valence-electron chi connectivity index (χ3n) is 3.70. The van der Waals surface area contributed by atoms with Gasteiger partial charge in [-0.15, -0.1) is 0 Å². The molecule has 2 aromatic rings. The van der Waals surface area contributed by atoms with E-state index in [4.69, 9.17) is 37.8 Å². The van der Waals surface area contributed by atoms with Crippen LogP contribution in [-0.4, -0.2) is 54.3 Å². The molecule has 31 heavy (non-hydrogen) atoms. The smallest absolute Gasteiger partial charge is 0.322 e. The maximum absolute atomic E-state index is 13.2. The monoisotopic (exact) mass is 461 g/mol. The molecule has 2 N–H and O–H groups in total. The second-order valence-corrected chi connectivity index (χ2v) is 7.23. The van der Waals surface area contributed by atoms with Gasteiger partial charge in [0, 0.05) is 20.3 Å². The summed E-state index contributed by atoms with van der Waals surface area (Å²) in [5.74, 6) is -3.25. The zero-order chi connectivity index (χ0) is 31.6. The molecule has 2 aromatic carbocycles. The van der Waals surface area contributed by atoms with Crippen molar-refractivity contribution in [1.29, 1.82) is 0 Å². The first-order valence-corrected chi connectivity index (χ1v) is 9.80. The Bertz CT molecular complexity index is 1420. The second kappa shape index (κ2) is 10.6. The first-order valence-electron chi connectivity index (χ1n) is 13.3. The molecule has 10 heteroatoms. The summed E-state index contributed by atoms with van der Waals surface area (Å²) in [4.78, 5) is 11.2. The van der Waals surface area contributed by atoms with E-state index in [1.165, 1.54) is 7.11 Å². The molecule has 0 bridgehead atoms. The van der Waals surface area contributed by atoms with E-state index < -0.39 is 59.1 Å². The van der Waals surface area contributed by atoms with Gasteiger partial charge in [0.15, 0.2) is 9.84 Å². The number of carbonyl (C=O) groups is 1. The summed E-state index contributed by atoms with van der Waals surface area (Å²) in [7, 11) is -8.66. The van der Waals surface area contributed by atoms with Gasteiger partial charge in [0.2, 0.25) is 0 Å². The first kappa shape index (κ1) is 13.1. The van der Waals surface area contributed by atoms with Crippen LogP contribution < -0.4 is 24.3 Å². The van der Waals surface area contributed by atoms with Crippen LogP contribution in [0.25, 0.3) is 6.08 Å². The van der Waals surface area contributed by atoms with Gasteiger partial charge in [0.05, 0.1) is 56.2 Å². The number of carboxylic acids is 1. The number of hydrogen-bond acceptors (Lipinski definition) is 8. The highest BCUT2D eigenvalue weighted by Gasteiger charge is 2.15. The molecule has 0 saturated carbocycles. The highest BCUT2D eigenvalue weighted by molar-refractivity contribution is 7.93. The average molecular weight is 462 g/mol. The van der Waals surface area contributed by atoms with E-state index in [9.17, 15) is 13.2 Å². The molecule has 0 unspecified atom stereocenters. The summed E-state index contributed by atoms with van der Waals surface area (Å²) < 4.78 is 122. The molecule has 0 aliphatic carbocycles. The van der Waals surface area contributed by atoms with Crippen LogP contribution in [0, 0.1) is 0 Å². The van der Waals surface area contributed by atoms with Crippen molar-refractivity contribution in [1.82, 2.24) is 0 Å². The molecule has 0 radical (unpaired) electrons. The number of methoxy groups -OCH3 is 4. The summed E-state index contributed by atoms with van der Waals surface area (Å²) in [6, 6.07) is 4.88. The van der Waals surface area contributed by atoms with Crippen molar-refractivity contribution in [3.05, 3.63) is 46.9 Å². The molecule has 0 fully saturated rings. The van der Waals surface area contributed by atoms with Gasteiger partial charge in [-0.25, -0.2) is 8.42 Å². The molecule has 0 spiro atoms. The maximum atomic E-state index is 13.2. The zero-order valence-electron chi connectivity index (χ0n) is 26.3. The Kier molecular flexibility index (Phi) is 4.47. The minimum absolute atomic E-state index is 0.113. The molecule has 0 aromatic heterocycles. The molecule has 0 heterocycles. The van der Waals surface area contributed by atoms with Gasteiger partial charge in [-0.05, 0) is 23.8 Å². The van der Waals surface area contributed by atoms with Crippen LogP contribution in [0.5, 0.6) is 23.0 Å². The highest BCUT2D eigenvalue weighted by Crippen LogP contribution is 2.35. The minimum atomic E-state index is -4.93. The molecular formula is C21H25NO8S. The van der Waals surface area contributed by atoms with Gasteiger partial charge in [-0.1, -0.05) is 6.07 Å². The van der Waals surface area contributed by atoms with Crippen molar-refractivity contribution in [2.75, 3.05) is 40.1 Å². The summed E-state index contributed by atoms with van der Waals surface area (Å²) in [6.45, 7) is -3.03. The van der Waals surface area contributed by atoms with E-state index in [1.807, 2.05) is 5.32 Å². The van der Waals surface area contributed by atoms with Crippen LogP contribution in [-0.2, 0) is 20.3 Å². The van der Waals surface area contributed by atoms with Crippen LogP contribution in [0.1, 0.15) is 24.8 Å². The van der Waals surface area contributed by atoms with Crippen molar-refractivity contribution in [3.8, 4) is 23.0 Å². The van der Waals surface area contributed by atoms with Crippen LogP contribution in [0.15, 0.2) is 35.7 Å². The minimum Gasteiger partial charge on any atom is -0.496 e. The van der Waals surface area contributed by atoms with Crippen molar-refractivity contribution in [2.24, 2.45) is 0 Å². The fourth-order valence-electron chi connectivity index (χ4n) is 2.40. The number of nitrogens with one attached hydrogen (secondary N) is 1. The number of sulfone groups is 1. The lowest BCUT2D eigenvalue weighted by atomic mass is 10.1. The van der Waals surface area contributed by atoms with Gasteiger partial charge in [0.1, 0.15) is 29.5 Å². The largest absolute Gasteiger partial charge is 0.496 e. The number of benzene rings is 2.